The molecule has 0 N–H and O–H groups in total. The second-order valence-electron chi connectivity index (χ2n) is 5.28. The molecule has 0 aromatic heterocycles. The van der Waals surface area contributed by atoms with E-state index >= 15 is 0 Å². The minimum Gasteiger partial charge on any atom is -0.405 e. The predicted molar refractivity (Wildman–Crippen MR) is 125 cm³/mol. The number of rotatable bonds is 12. The van der Waals surface area contributed by atoms with E-state index in [1.54, 1.807) is 0 Å². The van der Waals surface area contributed by atoms with Gasteiger partial charge in [-0.2, -0.15) is 0 Å². The topological polar surface area (TPSA) is 177 Å². The first-order valence-corrected chi connectivity index (χ1v) is 12.8. The summed E-state index contributed by atoms with van der Waals surface area (Å²) in [5, 5.41) is 0. The van der Waals surface area contributed by atoms with Crippen molar-refractivity contribution in [1.82, 2.24) is 9.21 Å². The van der Waals surface area contributed by atoms with Gasteiger partial charge in [0.05, 0.1) is 0 Å². The van der Waals surface area contributed by atoms with Crippen LogP contribution in [0.3, 0.4) is 0 Å². The van der Waals surface area contributed by atoms with Crippen molar-refractivity contribution in [3.8, 4) is 0 Å². The molecule has 18 heteroatoms. The van der Waals surface area contributed by atoms with Crippen LogP contribution in [0.5, 0.6) is 0 Å². The lowest BCUT2D eigenvalue weighted by molar-refractivity contribution is -0.164. The van der Waals surface area contributed by atoms with Crippen molar-refractivity contribution in [2.45, 2.75) is 0 Å². The molecule has 15 nitrogen and oxygen atoms in total. The Bertz CT molecular complexity index is 1060. The summed E-state index contributed by atoms with van der Waals surface area (Å²) < 4.78 is 25.1. The van der Waals surface area contributed by atoms with E-state index in [0.717, 1.165) is 0 Å². The summed E-state index contributed by atoms with van der Waals surface area (Å²) in [5.74, 6) is -7.32. The largest absolute Gasteiger partial charge is 0.452 e. The molecule has 1 rings (SSSR count). The third-order valence-corrected chi connectivity index (χ3v) is 9.68. The van der Waals surface area contributed by atoms with Crippen LogP contribution in [0.2, 0.25) is 0 Å². The molecule has 2 atom stereocenters. The highest BCUT2D eigenvalue weighted by Crippen LogP contribution is 2.79. The molecular formula is C18H18N3O12P3. The van der Waals surface area contributed by atoms with E-state index in [1.807, 2.05) is 0 Å². The molecule has 0 radical (unpaired) electrons. The van der Waals surface area contributed by atoms with E-state index in [1.165, 1.54) is 0 Å². The zero-order chi connectivity index (χ0) is 27.5. The molecule has 0 aromatic carbocycles. The van der Waals surface area contributed by atoms with E-state index in [-0.39, 0.29) is 4.60 Å². The summed E-state index contributed by atoms with van der Waals surface area (Å²) in [7, 11) is -10.9. The molecule has 0 aliphatic carbocycles. The van der Waals surface area contributed by atoms with Crippen molar-refractivity contribution in [2.75, 3.05) is 0 Å². The van der Waals surface area contributed by atoms with E-state index < -0.39 is 60.4 Å². The van der Waals surface area contributed by atoms with E-state index in [9.17, 15) is 28.8 Å². The van der Waals surface area contributed by atoms with Gasteiger partial charge in [-0.3, -0.25) is 0 Å². The summed E-state index contributed by atoms with van der Waals surface area (Å²) in [5.41, 5.74) is 0. The lowest BCUT2D eigenvalue weighted by Gasteiger charge is -2.41. The van der Waals surface area contributed by atoms with Gasteiger partial charge in [0.15, 0.2) is 0 Å². The van der Waals surface area contributed by atoms with Crippen LogP contribution in [0, 0.1) is 0 Å². The highest BCUT2D eigenvalue weighted by atomic mass is 31.3. The lowest BCUT2D eigenvalue weighted by Crippen LogP contribution is -2.34. The highest BCUT2D eigenvalue weighted by molar-refractivity contribution is 7.78. The quantitative estimate of drug-likeness (QED) is 0.251. The Balaban J connectivity index is 4.08. The molecule has 0 saturated carbocycles. The maximum Gasteiger partial charge on any atom is 0.452 e. The smallest absolute Gasteiger partial charge is 0.405 e. The van der Waals surface area contributed by atoms with Gasteiger partial charge in [0.2, 0.25) is 0 Å². The molecule has 2 unspecified atom stereocenters. The predicted octanol–water partition coefficient (Wildman–Crippen LogP) is 3.21. The van der Waals surface area contributed by atoms with Crippen molar-refractivity contribution in [1.29, 1.82) is 0 Å². The normalized spacial score (nSPS) is 18.4. The molecule has 36 heavy (non-hydrogen) atoms. The fourth-order valence-electron chi connectivity index (χ4n) is 1.58. The van der Waals surface area contributed by atoms with Crippen LogP contribution in [0.25, 0.3) is 0 Å². The van der Waals surface area contributed by atoms with Gasteiger partial charge in [0.25, 0.3) is 0 Å². The number of hydrogen-bond acceptors (Lipinski definition) is 15. The molecule has 192 valence electrons. The second-order valence-corrected chi connectivity index (χ2v) is 10.8. The fourth-order valence-corrected chi connectivity index (χ4v) is 8.69. The van der Waals surface area contributed by atoms with Crippen LogP contribution >= 0.6 is 24.6 Å². The van der Waals surface area contributed by atoms with Gasteiger partial charge in [-0.15, -0.1) is 4.52 Å². The van der Waals surface area contributed by atoms with Gasteiger partial charge >= 0.3 is 60.4 Å². The molecule has 0 saturated heterocycles. The third-order valence-electron chi connectivity index (χ3n) is 2.95. The second kappa shape index (κ2) is 14.0. The minimum atomic E-state index is -4.75. The first-order chi connectivity index (χ1) is 17.0. The molecule has 1 heterocycles. The van der Waals surface area contributed by atoms with E-state index in [0.29, 0.717) is 41.1 Å². The molecule has 0 fully saturated rings. The van der Waals surface area contributed by atoms with Crippen molar-refractivity contribution in [2.24, 2.45) is 4.52 Å². The van der Waals surface area contributed by atoms with Gasteiger partial charge in [-0.05, 0) is 0 Å². The third kappa shape index (κ3) is 7.91. The van der Waals surface area contributed by atoms with Crippen LogP contribution in [0.4, 0.5) is 0 Å². The highest BCUT2D eigenvalue weighted by Gasteiger charge is 2.60. The SMILES string of the molecule is C=CC(=O)ON1P(OC(=O)C=C)N=P(OC(=O)C=C)(OC(=O)C=C)N(OC(=O)C=C)P1OC(=O)C=C. The van der Waals surface area contributed by atoms with Gasteiger partial charge < -0.3 is 27.8 Å². The zero-order valence-corrected chi connectivity index (χ0v) is 21.0. The minimum absolute atomic E-state index is 0.257. The standard InChI is InChI=1S/C18H18N3O12P3/c1-7-13(22)28-20-34(30-15(24)9-3)19-36(32-17(26)11-5,33-18(27)12-6)21(29-14(23)8-2)35(20)31-16(25)10-4/h7-12H,1-6H2. The van der Waals surface area contributed by atoms with Gasteiger partial charge in [-0.1, -0.05) is 39.5 Å². The summed E-state index contributed by atoms with van der Waals surface area (Å²) in [6, 6.07) is 0. The van der Waals surface area contributed by atoms with Crippen molar-refractivity contribution < 1.29 is 56.5 Å². The maximum atomic E-state index is 12.2. The Labute approximate surface area is 206 Å². The number of nitrogens with zero attached hydrogens (tertiary/aromatic N) is 3. The van der Waals surface area contributed by atoms with E-state index in [4.69, 9.17) is 27.8 Å². The Morgan fingerprint density at radius 3 is 1.47 bits per heavy atom. The number of hydrogen-bond donors (Lipinski definition) is 0. The van der Waals surface area contributed by atoms with Crippen LogP contribution in [0.15, 0.2) is 80.4 Å². The fraction of sp³-hybridized carbons (Fsp3) is 0. The molecule has 0 aromatic rings. The Kier molecular flexibility index (Phi) is 11.8. The molecule has 0 spiro atoms. The Morgan fingerprint density at radius 1 is 0.611 bits per heavy atom. The molecular weight excluding hydrogens is 543 g/mol. The first-order valence-electron chi connectivity index (χ1n) is 8.93. The average Bonchev–Trinajstić information content (AvgIpc) is 2.87. The van der Waals surface area contributed by atoms with Crippen LogP contribution < -0.4 is 0 Å². The molecule has 1 aliphatic heterocycles. The van der Waals surface area contributed by atoms with Crippen LogP contribution in [0.1, 0.15) is 0 Å². The van der Waals surface area contributed by atoms with Crippen LogP contribution in [-0.2, 0) is 56.5 Å². The monoisotopic (exact) mass is 561 g/mol. The molecule has 1 aliphatic rings. The zero-order valence-electron chi connectivity index (χ0n) is 18.3. The van der Waals surface area contributed by atoms with Crippen molar-refractivity contribution in [3.63, 3.8) is 0 Å². The molecule has 0 bridgehead atoms. The van der Waals surface area contributed by atoms with Crippen LogP contribution in [-0.4, -0.2) is 45.0 Å². The summed E-state index contributed by atoms with van der Waals surface area (Å²) in [4.78, 5) is 82.8. The Hall–Kier alpha value is -3.73. The summed E-state index contributed by atoms with van der Waals surface area (Å²) >= 11 is 0. The average molecular weight is 561 g/mol. The van der Waals surface area contributed by atoms with Gasteiger partial charge in [0, 0.05) is 45.7 Å². The lowest BCUT2D eigenvalue weighted by atomic mass is 10.7. The Morgan fingerprint density at radius 2 is 1.03 bits per heavy atom. The van der Waals surface area contributed by atoms with Crippen molar-refractivity contribution in [3.05, 3.63) is 75.9 Å². The van der Waals surface area contributed by atoms with E-state index in [2.05, 4.69) is 44.0 Å². The summed E-state index contributed by atoms with van der Waals surface area (Å²) in [6.45, 7) is 19.3. The number of carbonyl (C=O) groups is 6. The molecule has 0 amide bonds. The maximum absolute atomic E-state index is 12.2. The summed E-state index contributed by atoms with van der Waals surface area (Å²) in [6.07, 6.45) is 3.94. The first kappa shape index (κ1) is 30.3. The van der Waals surface area contributed by atoms with Gasteiger partial charge in [-0.25, -0.2) is 28.8 Å². The number of carbonyl (C=O) groups excluding carboxylic acids is 6. The van der Waals surface area contributed by atoms with Crippen molar-refractivity contribution >= 4 is 60.4 Å². The van der Waals surface area contributed by atoms with Gasteiger partial charge in [0.1, 0.15) is 0 Å².